The molecule has 0 bridgehead atoms. The number of benzene rings is 1. The van der Waals surface area contributed by atoms with Crippen molar-refractivity contribution in [1.82, 2.24) is 0 Å². The zero-order valence-corrected chi connectivity index (χ0v) is 14.5. The van der Waals surface area contributed by atoms with Gasteiger partial charge in [0.05, 0.1) is 12.2 Å². The molecule has 0 aliphatic heterocycles. The van der Waals surface area contributed by atoms with Crippen molar-refractivity contribution < 1.29 is 4.42 Å². The van der Waals surface area contributed by atoms with E-state index in [1.165, 1.54) is 0 Å². The maximum Gasteiger partial charge on any atom is 0.123 e. The molecule has 2 rings (SSSR count). The Morgan fingerprint density at radius 3 is 2.22 bits per heavy atom. The largest absolute Gasteiger partial charge is 0.464 e. The number of hydrogen-bond donors (Lipinski definition) is 1. The van der Waals surface area contributed by atoms with Gasteiger partial charge in [-0.2, -0.15) is 0 Å². The van der Waals surface area contributed by atoms with E-state index in [-0.39, 0.29) is 0 Å². The van der Waals surface area contributed by atoms with Crippen molar-refractivity contribution >= 4 is 53.5 Å². The van der Waals surface area contributed by atoms with E-state index in [9.17, 15) is 0 Å². The SMILES string of the molecule is CCc1ccc(CNc2c(Br)cc(Br)cc2Br)o1. The van der Waals surface area contributed by atoms with Gasteiger partial charge in [0.1, 0.15) is 11.5 Å². The van der Waals surface area contributed by atoms with Crippen LogP contribution < -0.4 is 5.32 Å². The van der Waals surface area contributed by atoms with Crippen molar-refractivity contribution in [3.63, 3.8) is 0 Å². The van der Waals surface area contributed by atoms with Gasteiger partial charge in [0.2, 0.25) is 0 Å². The van der Waals surface area contributed by atoms with Crippen LogP contribution in [0.2, 0.25) is 0 Å². The van der Waals surface area contributed by atoms with Gasteiger partial charge in [-0.3, -0.25) is 0 Å². The monoisotopic (exact) mass is 435 g/mol. The van der Waals surface area contributed by atoms with Crippen molar-refractivity contribution in [2.24, 2.45) is 0 Å². The molecule has 0 saturated heterocycles. The van der Waals surface area contributed by atoms with Gasteiger partial charge in [-0.15, -0.1) is 0 Å². The molecular weight excluding hydrogens is 426 g/mol. The molecule has 0 atom stereocenters. The summed E-state index contributed by atoms with van der Waals surface area (Å²) in [5, 5.41) is 3.35. The first kappa shape index (κ1) is 14.2. The van der Waals surface area contributed by atoms with Gasteiger partial charge in [0.15, 0.2) is 0 Å². The molecule has 0 spiro atoms. The smallest absolute Gasteiger partial charge is 0.123 e. The summed E-state index contributed by atoms with van der Waals surface area (Å²) in [4.78, 5) is 0. The lowest BCUT2D eigenvalue weighted by atomic mass is 10.3. The van der Waals surface area contributed by atoms with Crippen molar-refractivity contribution in [1.29, 1.82) is 0 Å². The van der Waals surface area contributed by atoms with E-state index >= 15 is 0 Å². The Bertz CT molecular complexity index is 528. The number of halogens is 3. The molecule has 1 aromatic carbocycles. The highest BCUT2D eigenvalue weighted by atomic mass is 79.9. The minimum Gasteiger partial charge on any atom is -0.464 e. The molecule has 2 aromatic rings. The Labute approximate surface area is 132 Å². The van der Waals surface area contributed by atoms with Crippen LogP contribution in [0.4, 0.5) is 5.69 Å². The molecule has 0 unspecified atom stereocenters. The maximum absolute atomic E-state index is 5.66. The maximum atomic E-state index is 5.66. The molecule has 0 amide bonds. The van der Waals surface area contributed by atoms with Crippen molar-refractivity contribution in [2.45, 2.75) is 19.9 Å². The first-order valence-corrected chi connectivity index (χ1v) is 7.94. The highest BCUT2D eigenvalue weighted by molar-refractivity contribution is 9.11. The molecule has 1 aromatic heterocycles. The lowest BCUT2D eigenvalue weighted by molar-refractivity contribution is 0.476. The fraction of sp³-hybridized carbons (Fsp3) is 0.231. The van der Waals surface area contributed by atoms with Gasteiger partial charge in [-0.1, -0.05) is 22.9 Å². The van der Waals surface area contributed by atoms with Gasteiger partial charge in [-0.25, -0.2) is 0 Å². The van der Waals surface area contributed by atoms with Crippen LogP contribution >= 0.6 is 47.8 Å². The zero-order valence-electron chi connectivity index (χ0n) is 9.77. The predicted octanol–water partition coefficient (Wildman–Crippen LogP) is 5.74. The highest BCUT2D eigenvalue weighted by Gasteiger charge is 2.07. The lowest BCUT2D eigenvalue weighted by Gasteiger charge is -2.10. The van der Waals surface area contributed by atoms with Crippen LogP contribution in [0.15, 0.2) is 42.1 Å². The van der Waals surface area contributed by atoms with Crippen molar-refractivity contribution in [3.8, 4) is 0 Å². The lowest BCUT2D eigenvalue weighted by Crippen LogP contribution is -1.99. The average molecular weight is 438 g/mol. The predicted molar refractivity (Wildman–Crippen MR) is 85.0 cm³/mol. The summed E-state index contributed by atoms with van der Waals surface area (Å²) < 4.78 is 8.69. The van der Waals surface area contributed by atoms with E-state index in [0.717, 1.165) is 37.0 Å². The van der Waals surface area contributed by atoms with E-state index < -0.39 is 0 Å². The van der Waals surface area contributed by atoms with Crippen LogP contribution in [-0.4, -0.2) is 0 Å². The molecule has 0 saturated carbocycles. The van der Waals surface area contributed by atoms with E-state index in [1.807, 2.05) is 24.3 Å². The first-order chi connectivity index (χ1) is 8.60. The fourth-order valence-electron chi connectivity index (χ4n) is 1.59. The summed E-state index contributed by atoms with van der Waals surface area (Å²) in [7, 11) is 0. The minimum atomic E-state index is 0.666. The molecule has 0 aliphatic carbocycles. The summed E-state index contributed by atoms with van der Waals surface area (Å²) in [6.07, 6.45) is 0.922. The molecule has 0 fully saturated rings. The Balaban J connectivity index is 2.10. The second-order valence-electron chi connectivity index (χ2n) is 3.82. The van der Waals surface area contributed by atoms with Crippen molar-refractivity contribution in [3.05, 3.63) is 49.2 Å². The van der Waals surface area contributed by atoms with Gasteiger partial charge in [0, 0.05) is 19.8 Å². The summed E-state index contributed by atoms with van der Waals surface area (Å²) in [5.74, 6) is 1.95. The molecule has 18 heavy (non-hydrogen) atoms. The number of anilines is 1. The van der Waals surface area contributed by atoms with Crippen LogP contribution in [0.25, 0.3) is 0 Å². The van der Waals surface area contributed by atoms with Crippen molar-refractivity contribution in [2.75, 3.05) is 5.32 Å². The van der Waals surface area contributed by atoms with E-state index in [1.54, 1.807) is 0 Å². The summed E-state index contributed by atoms with van der Waals surface area (Å²) in [6, 6.07) is 8.04. The Kier molecular flexibility index (Phi) is 4.92. The number of rotatable bonds is 4. The van der Waals surface area contributed by atoms with Crippen LogP contribution in [0.3, 0.4) is 0 Å². The number of hydrogen-bond acceptors (Lipinski definition) is 2. The quantitative estimate of drug-likeness (QED) is 0.659. The number of nitrogens with one attached hydrogen (secondary N) is 1. The molecule has 2 nitrogen and oxygen atoms in total. The Morgan fingerprint density at radius 1 is 1.06 bits per heavy atom. The zero-order chi connectivity index (χ0) is 13.1. The topological polar surface area (TPSA) is 25.2 Å². The minimum absolute atomic E-state index is 0.666. The number of furan rings is 1. The third-order valence-electron chi connectivity index (χ3n) is 2.51. The molecule has 1 N–H and O–H groups in total. The van der Waals surface area contributed by atoms with E-state index in [4.69, 9.17) is 4.42 Å². The third-order valence-corrected chi connectivity index (χ3v) is 4.22. The molecule has 1 heterocycles. The fourth-order valence-corrected chi connectivity index (χ4v) is 4.13. The molecular formula is C13H12Br3NO. The first-order valence-electron chi connectivity index (χ1n) is 5.56. The van der Waals surface area contributed by atoms with Gasteiger partial charge in [0.25, 0.3) is 0 Å². The summed E-state index contributed by atoms with van der Waals surface area (Å²) in [5.41, 5.74) is 1.02. The van der Waals surface area contributed by atoms with Crippen LogP contribution in [0.1, 0.15) is 18.4 Å². The van der Waals surface area contributed by atoms with E-state index in [0.29, 0.717) is 6.54 Å². The third kappa shape index (κ3) is 3.39. The average Bonchev–Trinajstić information content (AvgIpc) is 2.75. The number of aryl methyl sites for hydroxylation is 1. The van der Waals surface area contributed by atoms with Gasteiger partial charge >= 0.3 is 0 Å². The molecule has 96 valence electrons. The molecule has 0 radical (unpaired) electrons. The Hall–Kier alpha value is -0.260. The second-order valence-corrected chi connectivity index (χ2v) is 6.44. The van der Waals surface area contributed by atoms with Crippen LogP contribution in [0, 0.1) is 0 Å². The van der Waals surface area contributed by atoms with Crippen LogP contribution in [0.5, 0.6) is 0 Å². The molecule has 5 heteroatoms. The highest BCUT2D eigenvalue weighted by Crippen LogP contribution is 2.34. The molecule has 0 aliphatic rings. The van der Waals surface area contributed by atoms with Gasteiger partial charge in [-0.05, 0) is 56.1 Å². The Morgan fingerprint density at radius 2 is 1.67 bits per heavy atom. The standard InChI is InChI=1S/C13H12Br3NO/c1-2-9-3-4-10(18-9)7-17-13-11(15)5-8(14)6-12(13)16/h3-6,17H,2,7H2,1H3. The normalized spacial score (nSPS) is 10.7. The summed E-state index contributed by atoms with van der Waals surface area (Å²) in [6.45, 7) is 2.75. The second kappa shape index (κ2) is 6.26. The summed E-state index contributed by atoms with van der Waals surface area (Å²) >= 11 is 10.5. The van der Waals surface area contributed by atoms with Gasteiger partial charge < -0.3 is 9.73 Å². The van der Waals surface area contributed by atoms with Crippen LogP contribution in [-0.2, 0) is 13.0 Å². The van der Waals surface area contributed by atoms with E-state index in [2.05, 4.69) is 60.0 Å².